The van der Waals surface area contributed by atoms with Crippen molar-refractivity contribution in [2.75, 3.05) is 56.2 Å². The number of nitrogens with zero attached hydrogens (tertiary/aromatic N) is 3. The maximum Gasteiger partial charge on any atom is 0.275 e. The molecule has 7 nitrogen and oxygen atoms in total. The van der Waals surface area contributed by atoms with E-state index in [1.165, 1.54) is 0 Å². The molecule has 0 atom stereocenters. The summed E-state index contributed by atoms with van der Waals surface area (Å²) in [6, 6.07) is 7.93. The number of likely N-dealkylation sites (tertiary alicyclic amines) is 1. The van der Waals surface area contributed by atoms with Crippen LogP contribution in [0.2, 0.25) is 0 Å². The van der Waals surface area contributed by atoms with Gasteiger partial charge in [-0.3, -0.25) is 4.79 Å². The lowest BCUT2D eigenvalue weighted by Crippen LogP contribution is -2.44. The summed E-state index contributed by atoms with van der Waals surface area (Å²) in [4.78, 5) is 22.2. The molecule has 2 aliphatic rings. The fourth-order valence-corrected chi connectivity index (χ4v) is 5.40. The highest BCUT2D eigenvalue weighted by atomic mass is 32.1. The fraction of sp³-hybridized carbons (Fsp3) is 0.542. The molecule has 2 aliphatic heterocycles. The summed E-state index contributed by atoms with van der Waals surface area (Å²) in [6.45, 7) is 10.2. The van der Waals surface area contributed by atoms with Gasteiger partial charge in [0.1, 0.15) is 5.69 Å². The Hall–Kier alpha value is -2.23. The quantitative estimate of drug-likeness (QED) is 0.598. The van der Waals surface area contributed by atoms with Crippen LogP contribution in [0.4, 0.5) is 11.4 Å². The topological polar surface area (TPSA) is 69.7 Å². The van der Waals surface area contributed by atoms with Gasteiger partial charge in [0.05, 0.1) is 29.6 Å². The van der Waals surface area contributed by atoms with E-state index in [1.54, 1.807) is 11.3 Å². The van der Waals surface area contributed by atoms with Gasteiger partial charge in [-0.2, -0.15) is 0 Å². The lowest BCUT2D eigenvalue weighted by atomic mass is 9.98. The summed E-state index contributed by atoms with van der Waals surface area (Å²) in [5, 5.41) is 10.2. The first-order valence-corrected chi connectivity index (χ1v) is 13.0. The molecule has 0 aliphatic carbocycles. The minimum absolute atomic E-state index is 0.158. The Bertz CT molecular complexity index is 950. The maximum absolute atomic E-state index is 13.0. The predicted molar refractivity (Wildman–Crippen MR) is 139 cm³/mol. The van der Waals surface area contributed by atoms with E-state index in [2.05, 4.69) is 34.3 Å². The van der Waals surface area contributed by atoms with E-state index in [0.717, 1.165) is 67.1 Å². The van der Waals surface area contributed by atoms with Crippen LogP contribution >= 0.6 is 23.6 Å². The molecule has 0 bridgehead atoms. The van der Waals surface area contributed by atoms with Crippen molar-refractivity contribution in [1.29, 1.82) is 0 Å². The van der Waals surface area contributed by atoms with Gasteiger partial charge in [-0.1, -0.05) is 26.0 Å². The molecule has 2 aromatic rings. The summed E-state index contributed by atoms with van der Waals surface area (Å²) in [5.41, 5.74) is 2.33. The van der Waals surface area contributed by atoms with Gasteiger partial charge in [0.25, 0.3) is 5.91 Å². The van der Waals surface area contributed by atoms with Crippen LogP contribution in [0.3, 0.4) is 0 Å². The van der Waals surface area contributed by atoms with Crippen molar-refractivity contribution in [2.45, 2.75) is 32.6 Å². The van der Waals surface area contributed by atoms with Crippen molar-refractivity contribution in [3.05, 3.63) is 40.3 Å². The third-order valence-corrected chi connectivity index (χ3v) is 7.46. The average Bonchev–Trinajstić information content (AvgIpc) is 3.34. The van der Waals surface area contributed by atoms with Gasteiger partial charge < -0.3 is 25.2 Å². The number of rotatable bonds is 6. The van der Waals surface area contributed by atoms with Gasteiger partial charge in [0.2, 0.25) is 0 Å². The molecule has 0 radical (unpaired) electrons. The molecule has 2 fully saturated rings. The molecule has 2 N–H and O–H groups in total. The monoisotopic (exact) mass is 487 g/mol. The third-order valence-electron chi connectivity index (χ3n) is 6.05. The number of amides is 1. The SMILES string of the molecule is CC(C)CNC(=S)N1CCC(c2nc(C(=O)Nc3ccccc3N3CCOCC3)cs2)CC1. The van der Waals surface area contributed by atoms with E-state index in [4.69, 9.17) is 21.9 Å². The van der Waals surface area contributed by atoms with E-state index < -0.39 is 0 Å². The lowest BCUT2D eigenvalue weighted by Gasteiger charge is -2.33. The second-order valence-corrected chi connectivity index (χ2v) is 10.3. The molecular formula is C24H33N5O2S2. The summed E-state index contributed by atoms with van der Waals surface area (Å²) in [7, 11) is 0. The Kier molecular flexibility index (Phi) is 8.16. The molecule has 1 aromatic carbocycles. The summed E-state index contributed by atoms with van der Waals surface area (Å²) >= 11 is 7.13. The highest BCUT2D eigenvalue weighted by molar-refractivity contribution is 7.80. The standard InChI is InChI=1S/C24H33N5O2S2/c1-17(2)15-25-24(32)29-9-7-18(8-10-29)23-27-20(16-33-23)22(30)26-19-5-3-4-6-21(19)28-11-13-31-14-12-28/h3-6,16-18H,7-15H2,1-2H3,(H,25,32)(H,26,30). The lowest BCUT2D eigenvalue weighted by molar-refractivity contribution is 0.102. The Morgan fingerprint density at radius 3 is 2.67 bits per heavy atom. The van der Waals surface area contributed by atoms with Crippen molar-refractivity contribution in [3.8, 4) is 0 Å². The smallest absolute Gasteiger partial charge is 0.275 e. The highest BCUT2D eigenvalue weighted by Gasteiger charge is 2.25. The van der Waals surface area contributed by atoms with Crippen molar-refractivity contribution in [3.63, 3.8) is 0 Å². The van der Waals surface area contributed by atoms with Gasteiger partial charge in [-0.25, -0.2) is 4.98 Å². The zero-order valence-corrected chi connectivity index (χ0v) is 21.0. The van der Waals surface area contributed by atoms with E-state index in [0.29, 0.717) is 30.7 Å². The van der Waals surface area contributed by atoms with Crippen LogP contribution in [0.25, 0.3) is 0 Å². The number of aromatic nitrogens is 1. The number of hydrogen-bond acceptors (Lipinski definition) is 6. The molecule has 1 aromatic heterocycles. The Labute approximate surface area is 205 Å². The van der Waals surface area contributed by atoms with E-state index >= 15 is 0 Å². The zero-order valence-electron chi connectivity index (χ0n) is 19.4. The molecule has 33 heavy (non-hydrogen) atoms. The average molecular weight is 488 g/mol. The molecule has 3 heterocycles. The van der Waals surface area contributed by atoms with Crippen LogP contribution in [0, 0.1) is 5.92 Å². The summed E-state index contributed by atoms with van der Waals surface area (Å²) < 4.78 is 5.46. The number of piperidine rings is 1. The number of anilines is 2. The Balaban J connectivity index is 1.34. The van der Waals surface area contributed by atoms with E-state index in [9.17, 15) is 4.79 Å². The van der Waals surface area contributed by atoms with Gasteiger partial charge in [-0.15, -0.1) is 11.3 Å². The normalized spacial score (nSPS) is 17.3. The molecule has 4 rings (SSSR count). The third kappa shape index (κ3) is 6.22. The highest BCUT2D eigenvalue weighted by Crippen LogP contribution is 2.31. The first kappa shape index (κ1) is 23.9. The molecule has 2 saturated heterocycles. The van der Waals surface area contributed by atoms with Crippen LogP contribution < -0.4 is 15.5 Å². The van der Waals surface area contributed by atoms with Crippen LogP contribution in [-0.2, 0) is 4.74 Å². The number of carbonyl (C=O) groups excluding carboxylic acids is 1. The van der Waals surface area contributed by atoms with Crippen LogP contribution in [-0.4, -0.2) is 66.8 Å². The van der Waals surface area contributed by atoms with Crippen molar-refractivity contribution >= 4 is 45.9 Å². The fourth-order valence-electron chi connectivity index (χ4n) is 4.16. The number of ether oxygens (including phenoxy) is 1. The number of thiazole rings is 1. The van der Waals surface area contributed by atoms with Gasteiger partial charge in [0, 0.05) is 44.0 Å². The number of benzene rings is 1. The molecule has 0 spiro atoms. The van der Waals surface area contributed by atoms with Crippen LogP contribution in [0.1, 0.15) is 48.1 Å². The van der Waals surface area contributed by atoms with Gasteiger partial charge in [0.15, 0.2) is 5.11 Å². The first-order chi connectivity index (χ1) is 16.0. The van der Waals surface area contributed by atoms with Crippen molar-refractivity contribution in [1.82, 2.24) is 15.2 Å². The molecule has 9 heteroatoms. The Morgan fingerprint density at radius 2 is 1.94 bits per heavy atom. The number of nitrogens with one attached hydrogen (secondary N) is 2. The summed E-state index contributed by atoms with van der Waals surface area (Å²) in [5.74, 6) is 0.789. The number of morpholine rings is 1. The van der Waals surface area contributed by atoms with Gasteiger partial charge in [-0.05, 0) is 43.1 Å². The summed E-state index contributed by atoms with van der Waals surface area (Å²) in [6.07, 6.45) is 2.00. The van der Waals surface area contributed by atoms with Crippen molar-refractivity contribution < 1.29 is 9.53 Å². The number of para-hydroxylation sites is 2. The number of hydrogen-bond donors (Lipinski definition) is 2. The predicted octanol–water partition coefficient (Wildman–Crippen LogP) is 3.94. The molecule has 0 unspecified atom stereocenters. The number of carbonyl (C=O) groups is 1. The van der Waals surface area contributed by atoms with E-state index in [1.807, 2.05) is 29.6 Å². The van der Waals surface area contributed by atoms with E-state index in [-0.39, 0.29) is 5.91 Å². The second kappa shape index (κ2) is 11.3. The minimum Gasteiger partial charge on any atom is -0.378 e. The minimum atomic E-state index is -0.158. The van der Waals surface area contributed by atoms with Crippen LogP contribution in [0.15, 0.2) is 29.6 Å². The Morgan fingerprint density at radius 1 is 1.21 bits per heavy atom. The second-order valence-electron chi connectivity index (χ2n) is 8.98. The zero-order chi connectivity index (χ0) is 23.2. The van der Waals surface area contributed by atoms with Gasteiger partial charge >= 0.3 is 0 Å². The first-order valence-electron chi connectivity index (χ1n) is 11.7. The van der Waals surface area contributed by atoms with Crippen molar-refractivity contribution in [2.24, 2.45) is 5.92 Å². The van der Waals surface area contributed by atoms with Crippen LogP contribution in [0.5, 0.6) is 0 Å². The molecule has 178 valence electrons. The largest absolute Gasteiger partial charge is 0.378 e. The molecule has 1 amide bonds. The molecule has 0 saturated carbocycles. The number of thiocarbonyl (C=S) groups is 1. The maximum atomic E-state index is 13.0. The molecular weight excluding hydrogens is 454 g/mol.